The van der Waals surface area contributed by atoms with Crippen molar-refractivity contribution in [2.45, 2.75) is 46.5 Å². The molecule has 0 spiro atoms. The van der Waals surface area contributed by atoms with Gasteiger partial charge in [-0.25, -0.2) is 4.79 Å². The first-order valence-corrected chi connectivity index (χ1v) is 5.87. The number of hydrogen-bond acceptors (Lipinski definition) is 3. The predicted molar refractivity (Wildman–Crippen MR) is 64.8 cm³/mol. The molecular formula is C11H23N3O2. The molecule has 0 bridgehead atoms. The van der Waals surface area contributed by atoms with Crippen molar-refractivity contribution >= 4 is 11.9 Å². The highest BCUT2D eigenvalue weighted by Gasteiger charge is 2.07. The smallest absolute Gasteiger partial charge is 0.332 e. The molecule has 0 saturated carbocycles. The van der Waals surface area contributed by atoms with Crippen LogP contribution in [-0.4, -0.2) is 29.9 Å². The van der Waals surface area contributed by atoms with E-state index in [9.17, 15) is 4.79 Å². The molecule has 0 radical (unpaired) electrons. The number of oxime groups is 1. The SMILES string of the molecule is CCCCN(CCCC)C(N)=NOC(C)=O. The second kappa shape index (κ2) is 9.00. The van der Waals surface area contributed by atoms with Crippen LogP contribution in [0.25, 0.3) is 0 Å². The quantitative estimate of drug-likeness (QED) is 0.312. The van der Waals surface area contributed by atoms with Crippen LogP contribution in [0.1, 0.15) is 46.5 Å². The summed E-state index contributed by atoms with van der Waals surface area (Å²) in [6, 6.07) is 0. The topological polar surface area (TPSA) is 67.9 Å². The van der Waals surface area contributed by atoms with E-state index in [1.54, 1.807) is 0 Å². The van der Waals surface area contributed by atoms with Gasteiger partial charge >= 0.3 is 5.97 Å². The zero-order valence-corrected chi connectivity index (χ0v) is 10.5. The van der Waals surface area contributed by atoms with E-state index in [0.717, 1.165) is 38.8 Å². The highest BCUT2D eigenvalue weighted by atomic mass is 16.7. The van der Waals surface area contributed by atoms with Crippen LogP contribution >= 0.6 is 0 Å². The first-order chi connectivity index (χ1) is 7.61. The number of rotatable bonds is 7. The fourth-order valence-corrected chi connectivity index (χ4v) is 1.21. The number of carbonyl (C=O) groups excluding carboxylic acids is 1. The first kappa shape index (κ1) is 14.7. The van der Waals surface area contributed by atoms with Gasteiger partial charge in [0.25, 0.3) is 0 Å². The number of unbranched alkanes of at least 4 members (excludes halogenated alkanes) is 2. The molecule has 0 unspecified atom stereocenters. The van der Waals surface area contributed by atoms with E-state index in [1.807, 2.05) is 4.90 Å². The summed E-state index contributed by atoms with van der Waals surface area (Å²) in [4.78, 5) is 17.1. The average molecular weight is 229 g/mol. The molecule has 0 aliphatic carbocycles. The van der Waals surface area contributed by atoms with Gasteiger partial charge in [0.05, 0.1) is 0 Å². The van der Waals surface area contributed by atoms with E-state index in [-0.39, 0.29) is 5.96 Å². The Morgan fingerprint density at radius 1 is 1.25 bits per heavy atom. The minimum atomic E-state index is -0.450. The van der Waals surface area contributed by atoms with Crippen LogP contribution in [0.2, 0.25) is 0 Å². The van der Waals surface area contributed by atoms with Crippen molar-refractivity contribution in [1.29, 1.82) is 0 Å². The average Bonchev–Trinajstić information content (AvgIpc) is 2.26. The minimum absolute atomic E-state index is 0.289. The van der Waals surface area contributed by atoms with Crippen molar-refractivity contribution in [3.05, 3.63) is 0 Å². The minimum Gasteiger partial charge on any atom is -0.367 e. The molecule has 0 atom stereocenters. The molecule has 0 fully saturated rings. The second-order valence-electron chi connectivity index (χ2n) is 3.73. The summed E-state index contributed by atoms with van der Waals surface area (Å²) in [5.41, 5.74) is 5.75. The van der Waals surface area contributed by atoms with Gasteiger partial charge in [0, 0.05) is 20.0 Å². The van der Waals surface area contributed by atoms with E-state index in [4.69, 9.17) is 5.73 Å². The zero-order chi connectivity index (χ0) is 12.4. The summed E-state index contributed by atoms with van der Waals surface area (Å²) >= 11 is 0. The summed E-state index contributed by atoms with van der Waals surface area (Å²) in [5.74, 6) is -0.161. The lowest BCUT2D eigenvalue weighted by Gasteiger charge is -2.22. The monoisotopic (exact) mass is 229 g/mol. The van der Waals surface area contributed by atoms with Crippen LogP contribution in [0, 0.1) is 0 Å². The fourth-order valence-electron chi connectivity index (χ4n) is 1.21. The fraction of sp³-hybridized carbons (Fsp3) is 0.818. The number of hydrogen-bond donors (Lipinski definition) is 1. The van der Waals surface area contributed by atoms with E-state index in [0.29, 0.717) is 0 Å². The standard InChI is InChI=1S/C11H23N3O2/c1-4-6-8-14(9-7-5-2)11(12)13-16-10(3)15/h4-9H2,1-3H3,(H2,12,13). The Hall–Kier alpha value is -1.26. The number of nitrogens with two attached hydrogens (primary N) is 1. The van der Waals surface area contributed by atoms with Gasteiger partial charge in [0.1, 0.15) is 0 Å². The van der Waals surface area contributed by atoms with Gasteiger partial charge in [-0.3, -0.25) is 0 Å². The molecular weight excluding hydrogens is 206 g/mol. The Bertz CT molecular complexity index is 221. The van der Waals surface area contributed by atoms with Gasteiger partial charge in [-0.2, -0.15) is 0 Å². The summed E-state index contributed by atoms with van der Waals surface area (Å²) in [6.07, 6.45) is 4.31. The summed E-state index contributed by atoms with van der Waals surface area (Å²) < 4.78 is 0. The molecule has 0 saturated heterocycles. The highest BCUT2D eigenvalue weighted by molar-refractivity contribution is 5.78. The van der Waals surface area contributed by atoms with Gasteiger partial charge in [-0.05, 0) is 18.0 Å². The van der Waals surface area contributed by atoms with Crippen molar-refractivity contribution in [1.82, 2.24) is 4.90 Å². The maximum atomic E-state index is 10.6. The summed E-state index contributed by atoms with van der Waals surface area (Å²) in [6.45, 7) is 7.26. The molecule has 0 aliphatic heterocycles. The summed E-state index contributed by atoms with van der Waals surface area (Å²) in [5, 5.41) is 3.60. The first-order valence-electron chi connectivity index (χ1n) is 5.87. The van der Waals surface area contributed by atoms with Crippen LogP contribution in [0.5, 0.6) is 0 Å². The highest BCUT2D eigenvalue weighted by Crippen LogP contribution is 1.99. The Balaban J connectivity index is 4.22. The number of guanidine groups is 1. The third-order valence-electron chi connectivity index (χ3n) is 2.15. The molecule has 94 valence electrons. The van der Waals surface area contributed by atoms with Crippen molar-refractivity contribution < 1.29 is 9.63 Å². The maximum absolute atomic E-state index is 10.6. The predicted octanol–water partition coefficient (Wildman–Crippen LogP) is 1.68. The second-order valence-corrected chi connectivity index (χ2v) is 3.73. The molecule has 5 nitrogen and oxygen atoms in total. The van der Waals surface area contributed by atoms with Crippen LogP contribution < -0.4 is 5.73 Å². The van der Waals surface area contributed by atoms with Gasteiger partial charge in [0.15, 0.2) is 0 Å². The van der Waals surface area contributed by atoms with E-state index >= 15 is 0 Å². The van der Waals surface area contributed by atoms with Gasteiger partial charge in [0.2, 0.25) is 5.96 Å². The van der Waals surface area contributed by atoms with Crippen LogP contribution in [0.4, 0.5) is 0 Å². The Morgan fingerprint density at radius 3 is 2.12 bits per heavy atom. The largest absolute Gasteiger partial charge is 0.367 e. The third kappa shape index (κ3) is 7.09. The third-order valence-corrected chi connectivity index (χ3v) is 2.15. The molecule has 0 aromatic heterocycles. The van der Waals surface area contributed by atoms with Crippen LogP contribution in [0.3, 0.4) is 0 Å². The zero-order valence-electron chi connectivity index (χ0n) is 10.5. The molecule has 16 heavy (non-hydrogen) atoms. The normalized spacial score (nSPS) is 11.3. The summed E-state index contributed by atoms with van der Waals surface area (Å²) in [7, 11) is 0. The molecule has 0 aliphatic rings. The van der Waals surface area contributed by atoms with E-state index < -0.39 is 5.97 Å². The number of nitrogens with zero attached hydrogens (tertiary/aromatic N) is 2. The molecule has 0 aromatic rings. The lowest BCUT2D eigenvalue weighted by atomic mass is 10.3. The molecule has 0 rings (SSSR count). The van der Waals surface area contributed by atoms with E-state index in [2.05, 4.69) is 23.8 Å². The van der Waals surface area contributed by atoms with Gasteiger partial charge in [-0.15, -0.1) is 0 Å². The number of carbonyl (C=O) groups is 1. The lowest BCUT2D eigenvalue weighted by molar-refractivity contribution is -0.141. The van der Waals surface area contributed by atoms with Crippen LogP contribution in [0.15, 0.2) is 5.16 Å². The van der Waals surface area contributed by atoms with Crippen LogP contribution in [-0.2, 0) is 9.63 Å². The van der Waals surface area contributed by atoms with E-state index in [1.165, 1.54) is 6.92 Å². The Labute approximate surface area is 97.6 Å². The van der Waals surface area contributed by atoms with Crippen molar-refractivity contribution in [2.24, 2.45) is 10.9 Å². The molecule has 0 aromatic carbocycles. The van der Waals surface area contributed by atoms with Crippen molar-refractivity contribution in [3.8, 4) is 0 Å². The Kier molecular flexibility index (Phi) is 8.29. The van der Waals surface area contributed by atoms with Gasteiger partial charge in [-0.1, -0.05) is 26.7 Å². The molecule has 0 heterocycles. The Morgan fingerprint density at radius 2 is 1.75 bits per heavy atom. The van der Waals surface area contributed by atoms with Crippen molar-refractivity contribution in [3.63, 3.8) is 0 Å². The van der Waals surface area contributed by atoms with Gasteiger partial charge < -0.3 is 15.5 Å². The molecule has 0 amide bonds. The molecule has 2 N–H and O–H groups in total. The maximum Gasteiger partial charge on any atom is 0.332 e. The van der Waals surface area contributed by atoms with Crippen molar-refractivity contribution in [2.75, 3.05) is 13.1 Å². The lowest BCUT2D eigenvalue weighted by Crippen LogP contribution is -2.39. The molecule has 5 heteroatoms.